The number of carbonyl (C=O) groups is 2. The van der Waals surface area contributed by atoms with E-state index in [0.717, 1.165) is 16.3 Å². The Kier molecular flexibility index (Phi) is 6.52. The molecular weight excluding hydrogens is 417 g/mol. The molecule has 1 amide bonds. The van der Waals surface area contributed by atoms with Gasteiger partial charge in [-0.1, -0.05) is 57.2 Å². The molecule has 1 atom stereocenters. The number of carbonyl (C=O) groups excluding carboxylic acids is 1. The number of carboxylic acid groups (broad SMARTS) is 1. The van der Waals surface area contributed by atoms with Gasteiger partial charge in [0.2, 0.25) is 0 Å². The number of amides is 1. The molecule has 3 aromatic rings. The Hall–Kier alpha value is -3.82. The number of hydrogen-bond donors (Lipinski definition) is 2. The third-order valence-corrected chi connectivity index (χ3v) is 4.73. The van der Waals surface area contributed by atoms with Crippen molar-refractivity contribution in [2.75, 3.05) is 0 Å². The molecule has 0 aliphatic heterocycles. The summed E-state index contributed by atoms with van der Waals surface area (Å²) in [6.07, 6.45) is 0.279. The summed E-state index contributed by atoms with van der Waals surface area (Å²) >= 11 is 0. The number of aromatic nitrogens is 4. The van der Waals surface area contributed by atoms with E-state index in [1.54, 1.807) is 24.3 Å². The van der Waals surface area contributed by atoms with Gasteiger partial charge >= 0.3 is 12.1 Å². The second-order valence-electron chi connectivity index (χ2n) is 8.56. The maximum Gasteiger partial charge on any atom is 0.408 e. The van der Waals surface area contributed by atoms with Crippen molar-refractivity contribution in [3.63, 3.8) is 0 Å². The molecule has 2 N–H and O–H groups in total. The minimum absolute atomic E-state index is 0.0144. The number of benzene rings is 2. The van der Waals surface area contributed by atoms with Crippen molar-refractivity contribution in [2.24, 2.45) is 5.41 Å². The monoisotopic (exact) mass is 441 g/mol. The number of carboxylic acids is 1. The molecule has 3 rings (SSSR count). The molecule has 0 fully saturated rings. The lowest BCUT2D eigenvalue weighted by molar-refractivity contribution is -0.146. The molecule has 0 saturated carbocycles. The van der Waals surface area contributed by atoms with Gasteiger partial charge in [0.15, 0.2) is 5.54 Å². The second kappa shape index (κ2) is 9.13. The highest BCUT2D eigenvalue weighted by Gasteiger charge is 2.46. The molecule has 9 nitrogen and oxygen atoms in total. The van der Waals surface area contributed by atoms with Crippen LogP contribution in [0.15, 0.2) is 54.9 Å². The molecule has 32 heavy (non-hydrogen) atoms. The van der Waals surface area contributed by atoms with Gasteiger partial charge in [0.1, 0.15) is 24.4 Å². The number of nitrogens with zero attached hydrogens (tertiary/aromatic N) is 4. The standard InChI is InChI=1S/C22H24FN5O4/c1-21(2,3)13-22(19(29)30,25-20(31)32-12-15-7-5-4-6-8-15)16-9-10-18(17(23)11-16)28-14-24-26-27-28/h4-11,14H,12-13H2,1-3H3,(H,25,31)(H,29,30). The van der Waals surface area contributed by atoms with Crippen LogP contribution >= 0.6 is 0 Å². The summed E-state index contributed by atoms with van der Waals surface area (Å²) in [4.78, 5) is 25.1. The largest absolute Gasteiger partial charge is 0.479 e. The summed E-state index contributed by atoms with van der Waals surface area (Å²) < 4.78 is 21.3. The molecular formula is C22H24FN5O4. The first kappa shape index (κ1) is 22.9. The topological polar surface area (TPSA) is 119 Å². The van der Waals surface area contributed by atoms with Gasteiger partial charge < -0.3 is 15.2 Å². The first-order chi connectivity index (χ1) is 15.1. The van der Waals surface area contributed by atoms with Gasteiger partial charge in [0.05, 0.1) is 0 Å². The van der Waals surface area contributed by atoms with Crippen LogP contribution in [-0.4, -0.2) is 37.4 Å². The van der Waals surface area contributed by atoms with Crippen molar-refractivity contribution in [1.82, 2.24) is 25.5 Å². The minimum atomic E-state index is -1.92. The van der Waals surface area contributed by atoms with Crippen molar-refractivity contribution in [3.05, 3.63) is 71.8 Å². The Labute approximate surface area is 184 Å². The molecule has 0 spiro atoms. The molecule has 0 saturated heterocycles. The zero-order valence-electron chi connectivity index (χ0n) is 17.9. The fourth-order valence-corrected chi connectivity index (χ4v) is 3.43. The number of hydrogen-bond acceptors (Lipinski definition) is 6. The molecule has 168 valence electrons. The van der Waals surface area contributed by atoms with Gasteiger partial charge in [-0.05, 0) is 45.5 Å². The Morgan fingerprint density at radius 1 is 1.16 bits per heavy atom. The first-order valence-electron chi connectivity index (χ1n) is 9.86. The smallest absolute Gasteiger partial charge is 0.408 e. The Morgan fingerprint density at radius 2 is 1.88 bits per heavy atom. The van der Waals surface area contributed by atoms with Gasteiger partial charge in [-0.15, -0.1) is 5.10 Å². The van der Waals surface area contributed by atoms with Gasteiger partial charge in [-0.3, -0.25) is 0 Å². The zero-order chi connectivity index (χ0) is 23.4. The number of ether oxygens (including phenoxy) is 1. The molecule has 0 aliphatic rings. The normalized spacial score (nSPS) is 13.2. The maximum absolute atomic E-state index is 14.9. The SMILES string of the molecule is CC(C)(C)CC(NC(=O)OCc1ccccc1)(C(=O)O)c1ccc(-n2cnnn2)c(F)c1. The summed E-state index contributed by atoms with van der Waals surface area (Å²) in [5.41, 5.74) is -1.61. The number of halogens is 1. The van der Waals surface area contributed by atoms with E-state index in [1.807, 2.05) is 26.8 Å². The van der Waals surface area contributed by atoms with Gasteiger partial charge in [0, 0.05) is 0 Å². The average molecular weight is 441 g/mol. The van der Waals surface area contributed by atoms with Crippen LogP contribution in [0.2, 0.25) is 0 Å². The number of nitrogens with one attached hydrogen (secondary N) is 1. The fourth-order valence-electron chi connectivity index (χ4n) is 3.43. The summed E-state index contributed by atoms with van der Waals surface area (Å²) in [7, 11) is 0. The lowest BCUT2D eigenvalue weighted by atomic mass is 9.75. The summed E-state index contributed by atoms with van der Waals surface area (Å²) in [6, 6.07) is 12.8. The van der Waals surface area contributed by atoms with Crippen LogP contribution in [0.5, 0.6) is 0 Å². The van der Waals surface area contributed by atoms with Crippen molar-refractivity contribution >= 4 is 12.1 Å². The minimum Gasteiger partial charge on any atom is -0.479 e. The van der Waals surface area contributed by atoms with Crippen LogP contribution in [0, 0.1) is 11.2 Å². The van der Waals surface area contributed by atoms with Gasteiger partial charge in [-0.2, -0.15) is 4.68 Å². The van der Waals surface area contributed by atoms with E-state index >= 15 is 0 Å². The van der Waals surface area contributed by atoms with E-state index in [0.29, 0.717) is 0 Å². The van der Waals surface area contributed by atoms with Gasteiger partial charge in [0.25, 0.3) is 0 Å². The van der Waals surface area contributed by atoms with E-state index in [2.05, 4.69) is 20.8 Å². The number of aliphatic carboxylic acids is 1. The highest BCUT2D eigenvalue weighted by Crippen LogP contribution is 2.36. The molecule has 0 radical (unpaired) electrons. The van der Waals surface area contributed by atoms with E-state index in [-0.39, 0.29) is 24.3 Å². The van der Waals surface area contributed by atoms with Crippen molar-refractivity contribution in [1.29, 1.82) is 0 Å². The zero-order valence-corrected chi connectivity index (χ0v) is 17.9. The van der Waals surface area contributed by atoms with Crippen LogP contribution in [0.1, 0.15) is 38.3 Å². The molecule has 0 bridgehead atoms. The van der Waals surface area contributed by atoms with Crippen LogP contribution in [0.25, 0.3) is 5.69 Å². The van der Waals surface area contributed by atoms with Crippen molar-refractivity contribution in [3.8, 4) is 5.69 Å². The summed E-state index contributed by atoms with van der Waals surface area (Å²) in [5, 5.41) is 23.3. The summed E-state index contributed by atoms with van der Waals surface area (Å²) in [6.45, 7) is 5.44. The van der Waals surface area contributed by atoms with E-state index in [9.17, 15) is 19.1 Å². The molecule has 1 heterocycles. The molecule has 0 aliphatic carbocycles. The second-order valence-corrected chi connectivity index (χ2v) is 8.56. The van der Waals surface area contributed by atoms with Crippen molar-refractivity contribution in [2.45, 2.75) is 39.3 Å². The lowest BCUT2D eigenvalue weighted by Gasteiger charge is -2.36. The average Bonchev–Trinajstić information content (AvgIpc) is 3.26. The molecule has 1 unspecified atom stereocenters. The quantitative estimate of drug-likeness (QED) is 0.576. The predicted octanol–water partition coefficient (Wildman–Crippen LogP) is 3.44. The van der Waals surface area contributed by atoms with E-state index in [1.165, 1.54) is 18.5 Å². The lowest BCUT2D eigenvalue weighted by Crippen LogP contribution is -2.54. The van der Waals surface area contributed by atoms with Gasteiger partial charge in [-0.25, -0.2) is 14.0 Å². The van der Waals surface area contributed by atoms with Crippen LogP contribution in [-0.2, 0) is 21.7 Å². The Morgan fingerprint density at radius 3 is 2.44 bits per heavy atom. The van der Waals surface area contributed by atoms with E-state index < -0.39 is 28.8 Å². The Balaban J connectivity index is 1.94. The number of alkyl carbamates (subject to hydrolysis) is 1. The fraction of sp³-hybridized carbons (Fsp3) is 0.318. The van der Waals surface area contributed by atoms with E-state index in [4.69, 9.17) is 4.74 Å². The number of rotatable bonds is 7. The summed E-state index contributed by atoms with van der Waals surface area (Å²) in [5.74, 6) is -2.08. The molecule has 1 aromatic heterocycles. The third-order valence-electron chi connectivity index (χ3n) is 4.73. The van der Waals surface area contributed by atoms with Crippen LogP contribution in [0.3, 0.4) is 0 Å². The molecule has 10 heteroatoms. The number of tetrazole rings is 1. The Bertz CT molecular complexity index is 1080. The van der Waals surface area contributed by atoms with Crippen LogP contribution in [0.4, 0.5) is 9.18 Å². The maximum atomic E-state index is 14.9. The predicted molar refractivity (Wildman–Crippen MR) is 112 cm³/mol. The molecule has 2 aromatic carbocycles. The van der Waals surface area contributed by atoms with Crippen molar-refractivity contribution < 1.29 is 23.8 Å². The highest BCUT2D eigenvalue weighted by atomic mass is 19.1. The highest BCUT2D eigenvalue weighted by molar-refractivity contribution is 5.86. The third kappa shape index (κ3) is 5.26. The first-order valence-corrected chi connectivity index (χ1v) is 9.86. The van der Waals surface area contributed by atoms with Crippen LogP contribution < -0.4 is 5.32 Å².